The molecule has 0 spiro atoms. The second-order valence-corrected chi connectivity index (χ2v) is 5.82. The van der Waals surface area contributed by atoms with Crippen molar-refractivity contribution in [3.8, 4) is 0 Å². The van der Waals surface area contributed by atoms with Crippen molar-refractivity contribution in [2.75, 3.05) is 13.1 Å². The predicted molar refractivity (Wildman–Crippen MR) is 92.0 cm³/mol. The standard InChI is InChI=1S/C17H24FN5O/c1-4-19-16(20-9-13-7-5-6-8-15(13)18)21-12-17(2,24)14-10-22-23(3)11-14/h5-8,10-11,24H,4,9,12H2,1-3H3,(H2,19,20,21). The first kappa shape index (κ1) is 17.9. The topological polar surface area (TPSA) is 74.5 Å². The van der Waals surface area contributed by atoms with E-state index >= 15 is 0 Å². The fraction of sp³-hybridized carbons (Fsp3) is 0.412. The van der Waals surface area contributed by atoms with Gasteiger partial charge in [-0.2, -0.15) is 5.10 Å². The largest absolute Gasteiger partial charge is 0.383 e. The molecule has 24 heavy (non-hydrogen) atoms. The van der Waals surface area contributed by atoms with Crippen LogP contribution in [0.15, 0.2) is 41.7 Å². The molecule has 0 radical (unpaired) electrons. The molecular formula is C17H24FN5O. The Bertz CT molecular complexity index is 696. The summed E-state index contributed by atoms with van der Waals surface area (Å²) in [7, 11) is 1.80. The summed E-state index contributed by atoms with van der Waals surface area (Å²) >= 11 is 0. The highest BCUT2D eigenvalue weighted by Gasteiger charge is 2.24. The van der Waals surface area contributed by atoms with Crippen molar-refractivity contribution in [1.29, 1.82) is 0 Å². The molecule has 0 aliphatic rings. The number of hydrogen-bond donors (Lipinski definition) is 3. The normalized spacial score (nSPS) is 14.3. The summed E-state index contributed by atoms with van der Waals surface area (Å²) in [6, 6.07) is 6.55. The Hall–Kier alpha value is -2.41. The van der Waals surface area contributed by atoms with Gasteiger partial charge < -0.3 is 15.7 Å². The van der Waals surface area contributed by atoms with Crippen LogP contribution in [0.25, 0.3) is 0 Å². The van der Waals surface area contributed by atoms with Gasteiger partial charge in [0.2, 0.25) is 0 Å². The second kappa shape index (κ2) is 7.92. The van der Waals surface area contributed by atoms with Gasteiger partial charge >= 0.3 is 0 Å². The van der Waals surface area contributed by atoms with Crippen LogP contribution < -0.4 is 10.6 Å². The molecule has 0 bridgehead atoms. The van der Waals surface area contributed by atoms with Crippen molar-refractivity contribution < 1.29 is 9.50 Å². The van der Waals surface area contributed by atoms with E-state index in [9.17, 15) is 9.50 Å². The van der Waals surface area contributed by atoms with Gasteiger partial charge in [0, 0.05) is 30.9 Å². The number of halogens is 1. The molecule has 6 nitrogen and oxygen atoms in total. The van der Waals surface area contributed by atoms with Crippen molar-refractivity contribution in [1.82, 2.24) is 20.4 Å². The number of aryl methyl sites for hydroxylation is 1. The van der Waals surface area contributed by atoms with Crippen LogP contribution in [-0.4, -0.2) is 33.9 Å². The number of guanidine groups is 1. The number of nitrogens with one attached hydrogen (secondary N) is 2. The third kappa shape index (κ3) is 4.79. The molecule has 0 amide bonds. The Kier molecular flexibility index (Phi) is 5.92. The van der Waals surface area contributed by atoms with Gasteiger partial charge in [-0.1, -0.05) is 18.2 Å². The van der Waals surface area contributed by atoms with Gasteiger partial charge in [0.1, 0.15) is 11.4 Å². The van der Waals surface area contributed by atoms with E-state index in [4.69, 9.17) is 0 Å². The van der Waals surface area contributed by atoms with E-state index in [1.807, 2.05) is 6.92 Å². The summed E-state index contributed by atoms with van der Waals surface area (Å²) in [5.41, 5.74) is 0.138. The summed E-state index contributed by atoms with van der Waals surface area (Å²) in [5.74, 6) is 0.240. The Balaban J connectivity index is 2.02. The molecule has 7 heteroatoms. The highest BCUT2D eigenvalue weighted by molar-refractivity contribution is 5.79. The van der Waals surface area contributed by atoms with E-state index in [0.717, 1.165) is 0 Å². The lowest BCUT2D eigenvalue weighted by molar-refractivity contribution is 0.0616. The monoisotopic (exact) mass is 333 g/mol. The lowest BCUT2D eigenvalue weighted by Gasteiger charge is -2.23. The maximum absolute atomic E-state index is 13.7. The van der Waals surface area contributed by atoms with Crippen molar-refractivity contribution in [2.45, 2.75) is 26.0 Å². The van der Waals surface area contributed by atoms with Crippen molar-refractivity contribution in [3.05, 3.63) is 53.6 Å². The molecule has 2 aromatic rings. The van der Waals surface area contributed by atoms with Crippen LogP contribution in [0.2, 0.25) is 0 Å². The van der Waals surface area contributed by atoms with Crippen LogP contribution in [0.3, 0.4) is 0 Å². The third-order valence-corrected chi connectivity index (χ3v) is 3.64. The Morgan fingerprint density at radius 2 is 2.12 bits per heavy atom. The highest BCUT2D eigenvalue weighted by Crippen LogP contribution is 2.18. The maximum atomic E-state index is 13.7. The SMILES string of the molecule is CCNC(=NCc1ccccc1F)NCC(C)(O)c1cnn(C)c1. The van der Waals surface area contributed by atoms with Gasteiger partial charge in [0.15, 0.2) is 5.96 Å². The number of benzene rings is 1. The summed E-state index contributed by atoms with van der Waals surface area (Å²) in [6.07, 6.45) is 3.40. The molecule has 1 heterocycles. The smallest absolute Gasteiger partial charge is 0.191 e. The number of aliphatic hydroxyl groups is 1. The minimum absolute atomic E-state index is 0.219. The molecule has 0 aliphatic carbocycles. The van der Waals surface area contributed by atoms with Crippen LogP contribution in [-0.2, 0) is 19.2 Å². The van der Waals surface area contributed by atoms with Gasteiger partial charge in [-0.25, -0.2) is 9.38 Å². The van der Waals surface area contributed by atoms with E-state index in [2.05, 4.69) is 20.7 Å². The Labute approximate surface area is 141 Å². The molecule has 1 aromatic heterocycles. The summed E-state index contributed by atoms with van der Waals surface area (Å²) in [6.45, 7) is 4.79. The number of aliphatic imine (C=N–C) groups is 1. The zero-order valence-electron chi connectivity index (χ0n) is 14.3. The van der Waals surface area contributed by atoms with Crippen LogP contribution in [0, 0.1) is 5.82 Å². The van der Waals surface area contributed by atoms with E-state index in [-0.39, 0.29) is 18.9 Å². The van der Waals surface area contributed by atoms with Gasteiger partial charge in [0.25, 0.3) is 0 Å². The lowest BCUT2D eigenvalue weighted by Crippen LogP contribution is -2.44. The quantitative estimate of drug-likeness (QED) is 0.553. The van der Waals surface area contributed by atoms with Crippen molar-refractivity contribution in [3.63, 3.8) is 0 Å². The first-order chi connectivity index (χ1) is 11.4. The molecule has 0 aliphatic heterocycles. The molecule has 2 rings (SSSR count). The van der Waals surface area contributed by atoms with Crippen LogP contribution in [0.4, 0.5) is 4.39 Å². The number of aromatic nitrogens is 2. The minimum Gasteiger partial charge on any atom is -0.383 e. The third-order valence-electron chi connectivity index (χ3n) is 3.64. The highest BCUT2D eigenvalue weighted by atomic mass is 19.1. The molecule has 1 atom stereocenters. The lowest BCUT2D eigenvalue weighted by atomic mass is 10.00. The second-order valence-electron chi connectivity index (χ2n) is 5.82. The fourth-order valence-electron chi connectivity index (χ4n) is 2.19. The Morgan fingerprint density at radius 3 is 2.75 bits per heavy atom. The molecule has 1 aromatic carbocycles. The van der Waals surface area contributed by atoms with Gasteiger partial charge in [0.05, 0.1) is 19.3 Å². The summed E-state index contributed by atoms with van der Waals surface area (Å²) < 4.78 is 15.3. The molecular weight excluding hydrogens is 309 g/mol. The van der Waals surface area contributed by atoms with Crippen LogP contribution >= 0.6 is 0 Å². The molecule has 1 unspecified atom stereocenters. The maximum Gasteiger partial charge on any atom is 0.191 e. The van der Waals surface area contributed by atoms with Crippen molar-refractivity contribution in [2.24, 2.45) is 12.0 Å². The summed E-state index contributed by atoms with van der Waals surface area (Å²) in [4.78, 5) is 4.37. The van der Waals surface area contributed by atoms with Gasteiger partial charge in [-0.05, 0) is 19.9 Å². The zero-order chi connectivity index (χ0) is 17.6. The fourth-order valence-corrected chi connectivity index (χ4v) is 2.19. The molecule has 0 fully saturated rings. The van der Waals surface area contributed by atoms with Gasteiger partial charge in [-0.3, -0.25) is 4.68 Å². The number of rotatable bonds is 6. The Morgan fingerprint density at radius 1 is 1.38 bits per heavy atom. The first-order valence-corrected chi connectivity index (χ1v) is 7.89. The van der Waals surface area contributed by atoms with E-state index in [1.54, 1.807) is 49.2 Å². The number of hydrogen-bond acceptors (Lipinski definition) is 3. The summed E-state index contributed by atoms with van der Waals surface area (Å²) in [5, 5.41) is 20.8. The van der Waals surface area contributed by atoms with E-state index in [0.29, 0.717) is 23.6 Å². The number of nitrogens with zero attached hydrogens (tertiary/aromatic N) is 3. The molecule has 3 N–H and O–H groups in total. The van der Waals surface area contributed by atoms with Crippen LogP contribution in [0.1, 0.15) is 25.0 Å². The molecule has 0 saturated carbocycles. The molecule has 0 saturated heterocycles. The average molecular weight is 333 g/mol. The van der Waals surface area contributed by atoms with E-state index in [1.165, 1.54) is 6.07 Å². The minimum atomic E-state index is -1.09. The predicted octanol–water partition coefficient (Wildman–Crippen LogP) is 1.52. The van der Waals surface area contributed by atoms with E-state index < -0.39 is 5.60 Å². The van der Waals surface area contributed by atoms with Crippen LogP contribution in [0.5, 0.6) is 0 Å². The van der Waals surface area contributed by atoms with Crippen molar-refractivity contribution >= 4 is 5.96 Å². The zero-order valence-corrected chi connectivity index (χ0v) is 14.3. The average Bonchev–Trinajstić information content (AvgIpc) is 2.99. The first-order valence-electron chi connectivity index (χ1n) is 7.89. The van der Waals surface area contributed by atoms with Gasteiger partial charge in [-0.15, -0.1) is 0 Å². The molecule has 130 valence electrons.